The second-order valence-corrected chi connectivity index (χ2v) is 5.14. The van der Waals surface area contributed by atoms with Crippen LogP contribution >= 0.6 is 0 Å². The van der Waals surface area contributed by atoms with Crippen LogP contribution in [0.4, 0.5) is 0 Å². The van der Waals surface area contributed by atoms with Gasteiger partial charge in [0.2, 0.25) is 5.91 Å². The van der Waals surface area contributed by atoms with Crippen LogP contribution in [-0.4, -0.2) is 35.1 Å². The van der Waals surface area contributed by atoms with Gasteiger partial charge >= 0.3 is 0 Å². The Hall–Kier alpha value is -0.570. The van der Waals surface area contributed by atoms with Crippen molar-refractivity contribution in [2.45, 2.75) is 58.9 Å². The molecule has 0 spiro atoms. The van der Waals surface area contributed by atoms with E-state index in [0.29, 0.717) is 0 Å². The predicted octanol–water partition coefficient (Wildman–Crippen LogP) is 2.43. The van der Waals surface area contributed by atoms with E-state index in [1.807, 2.05) is 13.8 Å². The Bertz CT molecular complexity index is 208. The lowest BCUT2D eigenvalue weighted by Gasteiger charge is -2.36. The van der Waals surface area contributed by atoms with Gasteiger partial charge in [-0.15, -0.1) is 0 Å². The first kappa shape index (κ1) is 15.4. The zero-order valence-corrected chi connectivity index (χ0v) is 11.4. The molecule has 1 N–H and O–H groups in total. The molecule has 0 aliphatic carbocycles. The molecule has 0 aromatic heterocycles. The summed E-state index contributed by atoms with van der Waals surface area (Å²) in [6.45, 7) is 7.99. The van der Waals surface area contributed by atoms with Crippen molar-refractivity contribution in [3.8, 4) is 0 Å². The third-order valence-electron chi connectivity index (χ3n) is 3.25. The van der Waals surface area contributed by atoms with Crippen molar-refractivity contribution in [3.05, 3.63) is 0 Å². The van der Waals surface area contributed by atoms with Crippen LogP contribution in [0.25, 0.3) is 0 Å². The number of carbonyl (C=O) groups is 1. The fraction of sp³-hybridized carbons (Fsp3) is 0.923. The van der Waals surface area contributed by atoms with E-state index >= 15 is 0 Å². The average molecular weight is 229 g/mol. The van der Waals surface area contributed by atoms with Crippen LogP contribution in [0.3, 0.4) is 0 Å². The summed E-state index contributed by atoms with van der Waals surface area (Å²) in [5.41, 5.74) is -0.461. The molecule has 1 amide bonds. The second-order valence-electron chi connectivity index (χ2n) is 5.14. The number of rotatable bonds is 7. The van der Waals surface area contributed by atoms with Crippen molar-refractivity contribution in [2.75, 3.05) is 13.7 Å². The molecule has 0 saturated heterocycles. The fourth-order valence-corrected chi connectivity index (χ4v) is 1.77. The minimum Gasteiger partial charge on any atom is -0.394 e. The first-order chi connectivity index (χ1) is 7.40. The minimum atomic E-state index is -0.461. The number of hydrogen-bond donors (Lipinski definition) is 1. The van der Waals surface area contributed by atoms with Crippen molar-refractivity contribution in [1.29, 1.82) is 0 Å². The van der Waals surface area contributed by atoms with E-state index < -0.39 is 5.54 Å². The van der Waals surface area contributed by atoms with Gasteiger partial charge in [0.25, 0.3) is 0 Å². The van der Waals surface area contributed by atoms with Gasteiger partial charge in [-0.2, -0.15) is 0 Å². The molecule has 0 aliphatic rings. The van der Waals surface area contributed by atoms with Crippen molar-refractivity contribution in [3.63, 3.8) is 0 Å². The highest BCUT2D eigenvalue weighted by atomic mass is 16.3. The monoisotopic (exact) mass is 229 g/mol. The quantitative estimate of drug-likeness (QED) is 0.728. The molecule has 0 aromatic rings. The van der Waals surface area contributed by atoms with E-state index in [2.05, 4.69) is 13.8 Å². The summed E-state index contributed by atoms with van der Waals surface area (Å²) in [7, 11) is 1.79. The van der Waals surface area contributed by atoms with Crippen molar-refractivity contribution in [2.24, 2.45) is 5.92 Å². The molecular weight excluding hydrogens is 202 g/mol. The molecule has 0 fully saturated rings. The molecule has 3 heteroatoms. The molecule has 0 unspecified atom stereocenters. The molecule has 0 aliphatic heterocycles. The van der Waals surface area contributed by atoms with E-state index in [-0.39, 0.29) is 18.4 Å². The van der Waals surface area contributed by atoms with Crippen molar-refractivity contribution in [1.82, 2.24) is 4.90 Å². The van der Waals surface area contributed by atoms with Gasteiger partial charge in [0, 0.05) is 13.0 Å². The Morgan fingerprint density at radius 2 is 1.69 bits per heavy atom. The lowest BCUT2D eigenvalue weighted by molar-refractivity contribution is -0.141. The van der Waals surface area contributed by atoms with Crippen LogP contribution in [0.2, 0.25) is 0 Å². The highest BCUT2D eigenvalue weighted by Crippen LogP contribution is 2.21. The Balaban J connectivity index is 4.59. The number of likely N-dealkylation sites (N-methyl/N-ethyl adjacent to an activating group) is 1. The van der Waals surface area contributed by atoms with Gasteiger partial charge in [-0.25, -0.2) is 0 Å². The SMILES string of the molecule is CCCC(CCC)C(=O)N(C)C(C)(C)CO. The van der Waals surface area contributed by atoms with Crippen LogP contribution in [-0.2, 0) is 4.79 Å². The molecule has 0 saturated carbocycles. The van der Waals surface area contributed by atoms with Gasteiger partial charge < -0.3 is 10.0 Å². The predicted molar refractivity (Wildman–Crippen MR) is 67.2 cm³/mol. The summed E-state index contributed by atoms with van der Waals surface area (Å²) in [4.78, 5) is 13.9. The van der Waals surface area contributed by atoms with E-state index in [9.17, 15) is 9.90 Å². The number of hydrogen-bond acceptors (Lipinski definition) is 2. The smallest absolute Gasteiger partial charge is 0.225 e. The zero-order chi connectivity index (χ0) is 12.8. The second kappa shape index (κ2) is 6.89. The van der Waals surface area contributed by atoms with Gasteiger partial charge in [-0.3, -0.25) is 4.79 Å². The van der Waals surface area contributed by atoms with Crippen molar-refractivity contribution < 1.29 is 9.90 Å². The Kier molecular flexibility index (Phi) is 6.65. The standard InChI is InChI=1S/C13H27NO2/c1-6-8-11(9-7-2)12(16)14(5)13(3,4)10-15/h11,15H,6-10H2,1-5H3. The molecule has 0 radical (unpaired) electrons. The third-order valence-corrected chi connectivity index (χ3v) is 3.25. The fourth-order valence-electron chi connectivity index (χ4n) is 1.77. The van der Waals surface area contributed by atoms with Crippen LogP contribution in [0.5, 0.6) is 0 Å². The largest absolute Gasteiger partial charge is 0.394 e. The molecule has 96 valence electrons. The molecular formula is C13H27NO2. The summed E-state index contributed by atoms with van der Waals surface area (Å²) < 4.78 is 0. The van der Waals surface area contributed by atoms with Gasteiger partial charge in [-0.1, -0.05) is 26.7 Å². The maximum Gasteiger partial charge on any atom is 0.225 e. The average Bonchev–Trinajstić information content (AvgIpc) is 2.26. The zero-order valence-electron chi connectivity index (χ0n) is 11.4. The highest BCUT2D eigenvalue weighted by molar-refractivity contribution is 5.79. The van der Waals surface area contributed by atoms with Crippen LogP contribution < -0.4 is 0 Å². The number of aliphatic hydroxyl groups excluding tert-OH is 1. The number of carbonyl (C=O) groups excluding carboxylic acids is 1. The van der Waals surface area contributed by atoms with E-state index in [4.69, 9.17) is 0 Å². The molecule has 0 rings (SSSR count). The topological polar surface area (TPSA) is 40.5 Å². The van der Waals surface area contributed by atoms with Gasteiger partial charge in [0.05, 0.1) is 12.1 Å². The normalized spacial score (nSPS) is 11.9. The van der Waals surface area contributed by atoms with Gasteiger partial charge in [0.1, 0.15) is 0 Å². The maximum absolute atomic E-state index is 12.2. The Labute approximate surface area is 99.8 Å². The third kappa shape index (κ3) is 4.12. The molecule has 0 bridgehead atoms. The Morgan fingerprint density at radius 1 is 1.25 bits per heavy atom. The van der Waals surface area contributed by atoms with E-state index in [1.54, 1.807) is 11.9 Å². The molecule has 0 aromatic carbocycles. The number of aliphatic hydroxyl groups is 1. The highest BCUT2D eigenvalue weighted by Gasteiger charge is 2.30. The minimum absolute atomic E-state index is 0.000208. The lowest BCUT2D eigenvalue weighted by Crippen LogP contribution is -2.49. The van der Waals surface area contributed by atoms with Gasteiger partial charge in [-0.05, 0) is 26.7 Å². The molecule has 0 atom stereocenters. The first-order valence-corrected chi connectivity index (χ1v) is 6.29. The summed E-state index contributed by atoms with van der Waals surface area (Å²) in [6.07, 6.45) is 3.95. The lowest BCUT2D eigenvalue weighted by atomic mass is 9.94. The first-order valence-electron chi connectivity index (χ1n) is 6.29. The molecule has 16 heavy (non-hydrogen) atoms. The summed E-state index contributed by atoms with van der Waals surface area (Å²) in [5, 5.41) is 9.26. The summed E-state index contributed by atoms with van der Waals surface area (Å²) >= 11 is 0. The Morgan fingerprint density at radius 3 is 2.00 bits per heavy atom. The van der Waals surface area contributed by atoms with Crippen LogP contribution in [0.1, 0.15) is 53.4 Å². The number of nitrogens with zero attached hydrogens (tertiary/aromatic N) is 1. The molecule has 0 heterocycles. The maximum atomic E-state index is 12.2. The molecule has 3 nitrogen and oxygen atoms in total. The summed E-state index contributed by atoms with van der Waals surface area (Å²) in [6, 6.07) is 0. The number of amides is 1. The van der Waals surface area contributed by atoms with Crippen LogP contribution in [0, 0.1) is 5.92 Å². The van der Waals surface area contributed by atoms with E-state index in [1.165, 1.54) is 0 Å². The van der Waals surface area contributed by atoms with Gasteiger partial charge in [0.15, 0.2) is 0 Å². The van der Waals surface area contributed by atoms with E-state index in [0.717, 1.165) is 25.7 Å². The summed E-state index contributed by atoms with van der Waals surface area (Å²) in [5.74, 6) is 0.286. The van der Waals surface area contributed by atoms with Crippen LogP contribution in [0.15, 0.2) is 0 Å². The van der Waals surface area contributed by atoms with Crippen molar-refractivity contribution >= 4 is 5.91 Å².